The number of ether oxygens (including phenoxy) is 1. The van der Waals surface area contributed by atoms with Gasteiger partial charge in [0.15, 0.2) is 0 Å². The summed E-state index contributed by atoms with van der Waals surface area (Å²) in [6.07, 6.45) is 5.67. The summed E-state index contributed by atoms with van der Waals surface area (Å²) in [5.74, 6) is 1.02. The summed E-state index contributed by atoms with van der Waals surface area (Å²) < 4.78 is 7.70. The molecular weight excluding hydrogens is 266 g/mol. The molecule has 0 atom stereocenters. The van der Waals surface area contributed by atoms with Crippen molar-refractivity contribution in [1.29, 1.82) is 0 Å². The third-order valence-electron chi connectivity index (χ3n) is 4.20. The molecule has 2 aromatic rings. The minimum Gasteiger partial charge on any atom is -0.493 e. The number of nitrogens with zero attached hydrogens (tertiary/aromatic N) is 3. The Morgan fingerprint density at radius 3 is 3.19 bits per heavy atom. The van der Waals surface area contributed by atoms with Crippen LogP contribution in [0.5, 0.6) is 5.75 Å². The first-order valence-electron chi connectivity index (χ1n) is 7.35. The average Bonchev–Trinajstić information content (AvgIpc) is 3.01. The van der Waals surface area contributed by atoms with Gasteiger partial charge in [-0.3, -0.25) is 4.79 Å². The van der Waals surface area contributed by atoms with Gasteiger partial charge >= 0.3 is 0 Å². The van der Waals surface area contributed by atoms with Crippen molar-refractivity contribution in [3.05, 3.63) is 47.5 Å². The Morgan fingerprint density at radius 1 is 1.29 bits per heavy atom. The monoisotopic (exact) mass is 283 g/mol. The number of imidazole rings is 1. The quantitative estimate of drug-likeness (QED) is 0.802. The Kier molecular flexibility index (Phi) is 2.91. The van der Waals surface area contributed by atoms with Gasteiger partial charge in [0, 0.05) is 24.8 Å². The zero-order chi connectivity index (χ0) is 14.2. The molecule has 0 unspecified atom stereocenters. The van der Waals surface area contributed by atoms with Crippen LogP contribution >= 0.6 is 0 Å². The highest BCUT2D eigenvalue weighted by Crippen LogP contribution is 2.26. The topological polar surface area (TPSA) is 47.4 Å². The molecule has 4 rings (SSSR count). The van der Waals surface area contributed by atoms with Crippen LogP contribution in [0.1, 0.15) is 28.0 Å². The second-order valence-electron chi connectivity index (χ2n) is 5.58. The molecule has 0 N–H and O–H groups in total. The number of aryl methyl sites for hydroxylation is 1. The summed E-state index contributed by atoms with van der Waals surface area (Å²) in [6.45, 7) is 2.95. The van der Waals surface area contributed by atoms with E-state index in [4.69, 9.17) is 4.74 Å². The number of amides is 1. The van der Waals surface area contributed by atoms with E-state index in [1.54, 1.807) is 0 Å². The molecule has 1 amide bonds. The van der Waals surface area contributed by atoms with Gasteiger partial charge in [-0.25, -0.2) is 4.98 Å². The van der Waals surface area contributed by atoms with Gasteiger partial charge in [0.05, 0.1) is 25.2 Å². The van der Waals surface area contributed by atoms with Crippen molar-refractivity contribution in [1.82, 2.24) is 14.5 Å². The molecule has 5 nitrogen and oxygen atoms in total. The molecule has 0 saturated carbocycles. The van der Waals surface area contributed by atoms with Gasteiger partial charge in [-0.15, -0.1) is 0 Å². The summed E-state index contributed by atoms with van der Waals surface area (Å²) >= 11 is 0. The molecule has 0 bridgehead atoms. The number of fused-ring (bicyclic) bond motifs is 2. The Labute approximate surface area is 123 Å². The van der Waals surface area contributed by atoms with E-state index in [0.717, 1.165) is 55.1 Å². The lowest BCUT2D eigenvalue weighted by atomic mass is 10.0. The van der Waals surface area contributed by atoms with Crippen LogP contribution in [0.15, 0.2) is 30.7 Å². The van der Waals surface area contributed by atoms with E-state index in [2.05, 4.69) is 9.55 Å². The van der Waals surface area contributed by atoms with E-state index in [9.17, 15) is 4.79 Å². The SMILES string of the molecule is O=C(c1ccc2c(c1)CCCO2)N1CCn2cncc2C1. The Morgan fingerprint density at radius 2 is 2.24 bits per heavy atom. The summed E-state index contributed by atoms with van der Waals surface area (Å²) in [7, 11) is 0. The van der Waals surface area contributed by atoms with Crippen LogP contribution in [0.4, 0.5) is 0 Å². The molecule has 2 aliphatic heterocycles. The number of hydrogen-bond donors (Lipinski definition) is 0. The number of aromatic nitrogens is 2. The molecule has 21 heavy (non-hydrogen) atoms. The van der Waals surface area contributed by atoms with E-state index in [-0.39, 0.29) is 5.91 Å². The van der Waals surface area contributed by atoms with Crippen molar-refractivity contribution in [2.45, 2.75) is 25.9 Å². The Balaban J connectivity index is 1.58. The van der Waals surface area contributed by atoms with E-state index >= 15 is 0 Å². The third-order valence-corrected chi connectivity index (χ3v) is 4.20. The standard InChI is InChI=1S/C16H17N3O2/c20-16(18-5-6-19-11-17-9-14(19)10-18)13-3-4-15-12(8-13)2-1-7-21-15/h3-4,8-9,11H,1-2,5-7,10H2. The highest BCUT2D eigenvalue weighted by atomic mass is 16.5. The summed E-state index contributed by atoms with van der Waals surface area (Å²) in [5, 5.41) is 0. The predicted octanol–water partition coefficient (Wildman–Crippen LogP) is 1.86. The molecular formula is C16H17N3O2. The van der Waals surface area contributed by atoms with Gasteiger partial charge in [0.25, 0.3) is 5.91 Å². The fourth-order valence-electron chi connectivity index (χ4n) is 3.03. The number of carbonyl (C=O) groups excluding carboxylic acids is 1. The highest BCUT2D eigenvalue weighted by molar-refractivity contribution is 5.94. The molecule has 1 aromatic heterocycles. The highest BCUT2D eigenvalue weighted by Gasteiger charge is 2.23. The maximum Gasteiger partial charge on any atom is 0.254 e. The Hall–Kier alpha value is -2.30. The first kappa shape index (κ1) is 12.4. The first-order valence-corrected chi connectivity index (χ1v) is 7.35. The molecule has 2 aliphatic rings. The van der Waals surface area contributed by atoms with Crippen molar-refractivity contribution in [2.24, 2.45) is 0 Å². The van der Waals surface area contributed by atoms with Gasteiger partial charge in [0.1, 0.15) is 5.75 Å². The third kappa shape index (κ3) is 2.18. The smallest absolute Gasteiger partial charge is 0.254 e. The van der Waals surface area contributed by atoms with Crippen LogP contribution in [0.3, 0.4) is 0 Å². The average molecular weight is 283 g/mol. The maximum absolute atomic E-state index is 12.7. The normalized spacial score (nSPS) is 16.9. The van der Waals surface area contributed by atoms with Gasteiger partial charge in [0.2, 0.25) is 0 Å². The lowest BCUT2D eigenvalue weighted by Gasteiger charge is -2.28. The van der Waals surface area contributed by atoms with E-state index in [1.165, 1.54) is 0 Å². The fraction of sp³-hybridized carbons (Fsp3) is 0.375. The molecule has 1 aromatic carbocycles. The first-order chi connectivity index (χ1) is 10.3. The lowest BCUT2D eigenvalue weighted by Crippen LogP contribution is -2.37. The molecule has 0 radical (unpaired) electrons. The van der Waals surface area contributed by atoms with E-state index in [1.807, 2.05) is 35.6 Å². The molecule has 0 fully saturated rings. The van der Waals surface area contributed by atoms with Crippen LogP contribution in [-0.4, -0.2) is 33.5 Å². The zero-order valence-corrected chi connectivity index (χ0v) is 11.8. The minimum absolute atomic E-state index is 0.0934. The molecule has 0 spiro atoms. The molecule has 0 saturated heterocycles. The molecule has 108 valence electrons. The number of carbonyl (C=O) groups is 1. The van der Waals surface area contributed by atoms with Crippen molar-refractivity contribution in [3.63, 3.8) is 0 Å². The number of rotatable bonds is 1. The van der Waals surface area contributed by atoms with Crippen molar-refractivity contribution >= 4 is 5.91 Å². The summed E-state index contributed by atoms with van der Waals surface area (Å²) in [4.78, 5) is 18.7. The largest absolute Gasteiger partial charge is 0.493 e. The van der Waals surface area contributed by atoms with Gasteiger partial charge in [-0.05, 0) is 36.6 Å². The number of benzene rings is 1. The van der Waals surface area contributed by atoms with Crippen molar-refractivity contribution in [3.8, 4) is 5.75 Å². The lowest BCUT2D eigenvalue weighted by molar-refractivity contribution is 0.0711. The van der Waals surface area contributed by atoms with Gasteiger partial charge in [-0.2, -0.15) is 0 Å². The van der Waals surface area contributed by atoms with Crippen LogP contribution in [0.25, 0.3) is 0 Å². The predicted molar refractivity (Wildman–Crippen MR) is 77.2 cm³/mol. The van der Waals surface area contributed by atoms with Crippen LogP contribution in [-0.2, 0) is 19.5 Å². The number of hydrogen-bond acceptors (Lipinski definition) is 3. The van der Waals surface area contributed by atoms with Gasteiger partial charge in [-0.1, -0.05) is 0 Å². The fourth-order valence-corrected chi connectivity index (χ4v) is 3.03. The van der Waals surface area contributed by atoms with Crippen LogP contribution < -0.4 is 4.74 Å². The maximum atomic E-state index is 12.7. The zero-order valence-electron chi connectivity index (χ0n) is 11.8. The summed E-state index contributed by atoms with van der Waals surface area (Å²) in [5.41, 5.74) is 3.00. The summed E-state index contributed by atoms with van der Waals surface area (Å²) in [6, 6.07) is 5.79. The molecule has 5 heteroatoms. The Bertz CT molecular complexity index is 693. The molecule has 3 heterocycles. The second kappa shape index (κ2) is 4.91. The van der Waals surface area contributed by atoms with E-state index in [0.29, 0.717) is 6.54 Å². The van der Waals surface area contributed by atoms with Crippen molar-refractivity contribution in [2.75, 3.05) is 13.2 Å². The van der Waals surface area contributed by atoms with Crippen LogP contribution in [0, 0.1) is 0 Å². The van der Waals surface area contributed by atoms with E-state index < -0.39 is 0 Å². The van der Waals surface area contributed by atoms with Crippen molar-refractivity contribution < 1.29 is 9.53 Å². The second-order valence-corrected chi connectivity index (χ2v) is 5.58. The van der Waals surface area contributed by atoms with Gasteiger partial charge < -0.3 is 14.2 Å². The molecule has 0 aliphatic carbocycles. The van der Waals surface area contributed by atoms with Crippen LogP contribution in [0.2, 0.25) is 0 Å². The minimum atomic E-state index is 0.0934.